The molecule has 7 nitrogen and oxygen atoms in total. The summed E-state index contributed by atoms with van der Waals surface area (Å²) in [5.41, 5.74) is 1.39. The number of rotatable bonds is 6. The molecule has 28 heavy (non-hydrogen) atoms. The first-order chi connectivity index (χ1) is 13.6. The van der Waals surface area contributed by atoms with Crippen molar-refractivity contribution in [2.24, 2.45) is 0 Å². The summed E-state index contributed by atoms with van der Waals surface area (Å²) in [6, 6.07) is 11.4. The molecule has 142 valence electrons. The third kappa shape index (κ3) is 3.90. The van der Waals surface area contributed by atoms with Crippen LogP contribution in [0, 0.1) is 0 Å². The normalized spacial score (nSPS) is 11.0. The molecule has 4 aromatic rings. The van der Waals surface area contributed by atoms with Gasteiger partial charge in [-0.05, 0) is 29.1 Å². The summed E-state index contributed by atoms with van der Waals surface area (Å²) in [5.74, 6) is -0.115. The Morgan fingerprint density at radius 2 is 2.04 bits per heavy atom. The average molecular weight is 458 g/mol. The van der Waals surface area contributed by atoms with Gasteiger partial charge < -0.3 is 5.32 Å². The van der Waals surface area contributed by atoms with E-state index < -0.39 is 0 Å². The quantitative estimate of drug-likeness (QED) is 0.482. The molecule has 0 atom stereocenters. The lowest BCUT2D eigenvalue weighted by Gasteiger charge is -2.07. The lowest BCUT2D eigenvalue weighted by Crippen LogP contribution is -2.27. The molecule has 9 heteroatoms. The van der Waals surface area contributed by atoms with Gasteiger partial charge in [0.05, 0.1) is 24.2 Å². The highest BCUT2D eigenvalue weighted by Gasteiger charge is 2.11. The molecule has 0 fully saturated rings. The molecular formula is C19H16BrN5O2S. The molecule has 3 heterocycles. The van der Waals surface area contributed by atoms with E-state index in [0.29, 0.717) is 35.5 Å². The smallest absolute Gasteiger partial charge is 0.264 e. The van der Waals surface area contributed by atoms with E-state index >= 15 is 0 Å². The van der Waals surface area contributed by atoms with E-state index in [1.807, 2.05) is 35.7 Å². The summed E-state index contributed by atoms with van der Waals surface area (Å²) < 4.78 is 4.19. The van der Waals surface area contributed by atoms with Crippen molar-refractivity contribution < 1.29 is 4.79 Å². The molecule has 0 aliphatic heterocycles. The molecule has 1 amide bonds. The molecule has 1 N–H and O–H groups in total. The zero-order valence-electron chi connectivity index (χ0n) is 14.7. The number of hydrogen-bond donors (Lipinski definition) is 1. The summed E-state index contributed by atoms with van der Waals surface area (Å²) in [5, 5.41) is 9.43. The van der Waals surface area contributed by atoms with Crippen LogP contribution in [0.1, 0.15) is 15.2 Å². The van der Waals surface area contributed by atoms with Gasteiger partial charge in [0.2, 0.25) is 0 Å². The molecule has 0 spiro atoms. The Kier molecular flexibility index (Phi) is 5.36. The fourth-order valence-electron chi connectivity index (χ4n) is 2.83. The van der Waals surface area contributed by atoms with E-state index in [4.69, 9.17) is 0 Å². The summed E-state index contributed by atoms with van der Waals surface area (Å²) in [6.45, 7) is 1.28. The maximum absolute atomic E-state index is 12.7. The van der Waals surface area contributed by atoms with Gasteiger partial charge in [0.15, 0.2) is 5.65 Å². The topological polar surface area (TPSA) is 81.8 Å². The summed E-state index contributed by atoms with van der Waals surface area (Å²) in [7, 11) is 0. The number of halogens is 1. The Labute approximate surface area is 172 Å². The van der Waals surface area contributed by atoms with E-state index in [1.54, 1.807) is 15.3 Å². The lowest BCUT2D eigenvalue weighted by molar-refractivity contribution is 0.0956. The maximum Gasteiger partial charge on any atom is 0.264 e. The number of carbonyl (C=O) groups is 1. The molecule has 1 aromatic carbocycles. The van der Waals surface area contributed by atoms with Crippen LogP contribution >= 0.6 is 27.3 Å². The second kappa shape index (κ2) is 8.07. The standard InChI is InChI=1S/C19H16BrN5O2S/c20-14-5-3-13(4-6-14)11-24-12-22-17-15(19(24)27)10-23-25(17)8-7-21-18(26)16-2-1-9-28-16/h1-6,9-10,12H,7-8,11H2,(H,21,26). The molecule has 0 bridgehead atoms. The van der Waals surface area contributed by atoms with Crippen LogP contribution in [0.25, 0.3) is 11.0 Å². The third-order valence-corrected chi connectivity index (χ3v) is 5.64. The number of aromatic nitrogens is 4. The highest BCUT2D eigenvalue weighted by atomic mass is 79.9. The minimum absolute atomic E-state index is 0.115. The third-order valence-electron chi connectivity index (χ3n) is 4.24. The van der Waals surface area contributed by atoms with Crippen molar-refractivity contribution in [3.63, 3.8) is 0 Å². The van der Waals surface area contributed by atoms with Crippen molar-refractivity contribution in [3.05, 3.63) is 79.6 Å². The number of hydrogen-bond acceptors (Lipinski definition) is 5. The fraction of sp³-hybridized carbons (Fsp3) is 0.158. The van der Waals surface area contributed by atoms with Crippen LogP contribution in [0.3, 0.4) is 0 Å². The van der Waals surface area contributed by atoms with Crippen LogP contribution in [0.5, 0.6) is 0 Å². The number of nitrogens with zero attached hydrogens (tertiary/aromatic N) is 4. The number of nitrogens with one attached hydrogen (secondary N) is 1. The van der Waals surface area contributed by atoms with Gasteiger partial charge in [-0.3, -0.25) is 14.2 Å². The molecule has 0 saturated heterocycles. The fourth-order valence-corrected chi connectivity index (χ4v) is 3.73. The van der Waals surface area contributed by atoms with E-state index in [1.165, 1.54) is 23.9 Å². The number of thiophene rings is 1. The van der Waals surface area contributed by atoms with Crippen molar-refractivity contribution >= 4 is 44.2 Å². The van der Waals surface area contributed by atoms with E-state index in [9.17, 15) is 9.59 Å². The van der Waals surface area contributed by atoms with Gasteiger partial charge in [-0.25, -0.2) is 9.67 Å². The predicted octanol–water partition coefficient (Wildman–Crippen LogP) is 2.90. The molecule has 0 aliphatic rings. The zero-order chi connectivity index (χ0) is 19.5. The second-order valence-electron chi connectivity index (χ2n) is 6.14. The largest absolute Gasteiger partial charge is 0.349 e. The zero-order valence-corrected chi connectivity index (χ0v) is 17.1. The Morgan fingerprint density at radius 1 is 1.21 bits per heavy atom. The first-order valence-electron chi connectivity index (χ1n) is 8.59. The van der Waals surface area contributed by atoms with Crippen LogP contribution in [-0.2, 0) is 13.1 Å². The Hall–Kier alpha value is -2.78. The van der Waals surface area contributed by atoms with Gasteiger partial charge in [0, 0.05) is 11.0 Å². The van der Waals surface area contributed by atoms with Crippen molar-refractivity contribution in [1.82, 2.24) is 24.6 Å². The molecule has 3 aromatic heterocycles. The predicted molar refractivity (Wildman–Crippen MR) is 112 cm³/mol. The highest BCUT2D eigenvalue weighted by Crippen LogP contribution is 2.12. The second-order valence-corrected chi connectivity index (χ2v) is 8.01. The van der Waals surface area contributed by atoms with Gasteiger partial charge in [-0.15, -0.1) is 11.3 Å². The number of amides is 1. The molecule has 0 unspecified atom stereocenters. The molecule has 0 radical (unpaired) electrons. The van der Waals surface area contributed by atoms with E-state index in [-0.39, 0.29) is 11.5 Å². The first-order valence-corrected chi connectivity index (χ1v) is 10.3. The van der Waals surface area contributed by atoms with Gasteiger partial charge in [0.1, 0.15) is 11.7 Å². The molecule has 4 rings (SSSR count). The minimum Gasteiger partial charge on any atom is -0.349 e. The van der Waals surface area contributed by atoms with Gasteiger partial charge >= 0.3 is 0 Å². The first kappa shape index (κ1) is 18.6. The SMILES string of the molecule is O=C(NCCn1ncc2c(=O)n(Cc3ccc(Br)cc3)cnc21)c1cccs1. The number of carbonyl (C=O) groups excluding carboxylic acids is 1. The Bertz CT molecular complexity index is 1170. The van der Waals surface area contributed by atoms with Crippen LogP contribution in [0.15, 0.2) is 63.6 Å². The number of fused-ring (bicyclic) bond motifs is 1. The van der Waals surface area contributed by atoms with Crippen LogP contribution in [0.2, 0.25) is 0 Å². The maximum atomic E-state index is 12.7. The highest BCUT2D eigenvalue weighted by molar-refractivity contribution is 9.10. The molecular weight excluding hydrogens is 442 g/mol. The molecule has 0 saturated carbocycles. The number of benzene rings is 1. The van der Waals surface area contributed by atoms with Gasteiger partial charge in [-0.1, -0.05) is 34.1 Å². The van der Waals surface area contributed by atoms with Crippen molar-refractivity contribution in [3.8, 4) is 0 Å². The van der Waals surface area contributed by atoms with E-state index in [2.05, 4.69) is 31.3 Å². The van der Waals surface area contributed by atoms with Gasteiger partial charge in [0.25, 0.3) is 11.5 Å². The lowest BCUT2D eigenvalue weighted by atomic mass is 10.2. The van der Waals surface area contributed by atoms with Crippen LogP contribution in [0.4, 0.5) is 0 Å². The van der Waals surface area contributed by atoms with Crippen molar-refractivity contribution in [1.29, 1.82) is 0 Å². The van der Waals surface area contributed by atoms with E-state index in [0.717, 1.165) is 10.0 Å². The summed E-state index contributed by atoms with van der Waals surface area (Å²) in [6.07, 6.45) is 3.07. The van der Waals surface area contributed by atoms with Crippen LogP contribution < -0.4 is 10.9 Å². The van der Waals surface area contributed by atoms with Crippen molar-refractivity contribution in [2.75, 3.05) is 6.54 Å². The monoisotopic (exact) mass is 457 g/mol. The Morgan fingerprint density at radius 3 is 2.79 bits per heavy atom. The molecule has 0 aliphatic carbocycles. The van der Waals surface area contributed by atoms with Crippen molar-refractivity contribution in [2.45, 2.75) is 13.1 Å². The Balaban J connectivity index is 1.47. The summed E-state index contributed by atoms with van der Waals surface area (Å²) >= 11 is 4.80. The van der Waals surface area contributed by atoms with Gasteiger partial charge in [-0.2, -0.15) is 5.10 Å². The summed E-state index contributed by atoms with van der Waals surface area (Å²) in [4.78, 5) is 29.8. The minimum atomic E-state index is -0.137. The average Bonchev–Trinajstić information content (AvgIpc) is 3.36. The van der Waals surface area contributed by atoms with Crippen LogP contribution in [-0.4, -0.2) is 31.8 Å².